The Morgan fingerprint density at radius 2 is 1.63 bits per heavy atom. The number of fused-ring (bicyclic) bond motifs is 1. The Labute approximate surface area is 110 Å². The summed E-state index contributed by atoms with van der Waals surface area (Å²) < 4.78 is 1.74. The van der Waals surface area contributed by atoms with Gasteiger partial charge in [-0.25, -0.2) is 4.79 Å². The van der Waals surface area contributed by atoms with Gasteiger partial charge in [-0.15, -0.1) is 0 Å². The number of nitrogens with zero attached hydrogens (tertiary/aromatic N) is 1. The number of aromatic carboxylic acids is 1. The average Bonchev–Trinajstić information content (AvgIpc) is 2.74. The Morgan fingerprint density at radius 1 is 1.00 bits per heavy atom. The molecule has 0 spiro atoms. The zero-order valence-corrected chi connectivity index (χ0v) is 10.5. The number of hydrogen-bond donors (Lipinski definition) is 1. The van der Waals surface area contributed by atoms with Gasteiger partial charge in [0.1, 0.15) is 5.69 Å². The number of hydrogen-bond acceptors (Lipinski definition) is 1. The van der Waals surface area contributed by atoms with E-state index in [9.17, 15) is 9.90 Å². The Bertz CT molecular complexity index is 757. The molecule has 94 valence electrons. The highest BCUT2D eigenvalue weighted by molar-refractivity contribution is 6.08. The van der Waals surface area contributed by atoms with Crippen LogP contribution in [0.15, 0.2) is 54.6 Å². The number of rotatable bonds is 2. The minimum absolute atomic E-state index is 0.326. The predicted molar refractivity (Wildman–Crippen MR) is 75.3 cm³/mol. The van der Waals surface area contributed by atoms with Crippen LogP contribution in [0.2, 0.25) is 0 Å². The van der Waals surface area contributed by atoms with E-state index in [1.165, 1.54) is 0 Å². The molecule has 3 heteroatoms. The number of para-hydroxylation sites is 1. The normalized spacial score (nSPS) is 10.8. The lowest BCUT2D eigenvalue weighted by Crippen LogP contribution is -2.05. The van der Waals surface area contributed by atoms with E-state index in [1.54, 1.807) is 11.6 Å². The molecule has 0 unspecified atom stereocenters. The predicted octanol–water partition coefficient (Wildman–Crippen LogP) is 3.54. The highest BCUT2D eigenvalue weighted by Gasteiger charge is 2.20. The monoisotopic (exact) mass is 251 g/mol. The summed E-state index contributed by atoms with van der Waals surface area (Å²) in [5.74, 6) is -0.905. The molecule has 19 heavy (non-hydrogen) atoms. The van der Waals surface area contributed by atoms with E-state index in [0.29, 0.717) is 5.69 Å². The lowest BCUT2D eigenvalue weighted by Gasteiger charge is -2.03. The molecule has 0 aliphatic rings. The molecule has 0 aliphatic heterocycles. The van der Waals surface area contributed by atoms with Gasteiger partial charge in [-0.3, -0.25) is 0 Å². The zero-order valence-electron chi connectivity index (χ0n) is 10.5. The molecule has 2 aromatic carbocycles. The van der Waals surface area contributed by atoms with Crippen LogP contribution >= 0.6 is 0 Å². The van der Waals surface area contributed by atoms with Gasteiger partial charge in [0.15, 0.2) is 0 Å². The van der Waals surface area contributed by atoms with Crippen molar-refractivity contribution in [3.05, 3.63) is 60.3 Å². The van der Waals surface area contributed by atoms with Crippen LogP contribution in [-0.2, 0) is 7.05 Å². The molecular formula is C16H13NO2. The van der Waals surface area contributed by atoms with E-state index in [2.05, 4.69) is 0 Å². The van der Waals surface area contributed by atoms with Gasteiger partial charge in [0.2, 0.25) is 0 Å². The second kappa shape index (κ2) is 4.28. The minimum atomic E-state index is -0.905. The molecule has 0 amide bonds. The number of carboxylic acids is 1. The van der Waals surface area contributed by atoms with Crippen molar-refractivity contribution < 1.29 is 9.90 Å². The second-order valence-electron chi connectivity index (χ2n) is 4.47. The number of aryl methyl sites for hydroxylation is 1. The molecule has 1 heterocycles. The van der Waals surface area contributed by atoms with Crippen LogP contribution in [0.1, 0.15) is 10.5 Å². The summed E-state index contributed by atoms with van der Waals surface area (Å²) in [5.41, 5.74) is 2.97. The topological polar surface area (TPSA) is 42.2 Å². The molecule has 3 rings (SSSR count). The number of carboxylic acid groups (broad SMARTS) is 1. The van der Waals surface area contributed by atoms with E-state index in [1.807, 2.05) is 54.6 Å². The Balaban J connectivity index is 2.46. The maximum atomic E-state index is 11.6. The highest BCUT2D eigenvalue weighted by atomic mass is 16.4. The van der Waals surface area contributed by atoms with E-state index in [4.69, 9.17) is 0 Å². The Morgan fingerprint density at radius 3 is 2.32 bits per heavy atom. The molecule has 0 bridgehead atoms. The molecule has 1 aromatic heterocycles. The first kappa shape index (κ1) is 11.5. The van der Waals surface area contributed by atoms with Crippen molar-refractivity contribution in [3.8, 4) is 11.1 Å². The third-order valence-electron chi connectivity index (χ3n) is 3.37. The zero-order chi connectivity index (χ0) is 13.4. The summed E-state index contributed by atoms with van der Waals surface area (Å²) in [6, 6.07) is 17.4. The quantitative estimate of drug-likeness (QED) is 0.756. The summed E-state index contributed by atoms with van der Waals surface area (Å²) in [6.45, 7) is 0. The van der Waals surface area contributed by atoms with Crippen molar-refractivity contribution in [3.63, 3.8) is 0 Å². The van der Waals surface area contributed by atoms with Crippen LogP contribution in [0.3, 0.4) is 0 Å². The second-order valence-corrected chi connectivity index (χ2v) is 4.47. The molecule has 0 aliphatic carbocycles. The molecule has 0 atom stereocenters. The first-order valence-corrected chi connectivity index (χ1v) is 6.06. The minimum Gasteiger partial charge on any atom is -0.477 e. The van der Waals surface area contributed by atoms with Gasteiger partial charge in [-0.2, -0.15) is 0 Å². The molecule has 3 aromatic rings. The summed E-state index contributed by atoms with van der Waals surface area (Å²) in [7, 11) is 1.79. The van der Waals surface area contributed by atoms with Crippen molar-refractivity contribution in [2.45, 2.75) is 0 Å². The molecular weight excluding hydrogens is 238 g/mol. The summed E-state index contributed by atoms with van der Waals surface area (Å²) in [6.07, 6.45) is 0. The summed E-state index contributed by atoms with van der Waals surface area (Å²) in [5, 5.41) is 10.5. The maximum Gasteiger partial charge on any atom is 0.353 e. The standard InChI is InChI=1S/C16H13NO2/c1-17-13-10-6-5-9-12(13)14(15(17)16(18)19)11-7-3-2-4-8-11/h2-10H,1H3,(H,18,19). The van der Waals surface area contributed by atoms with Crippen LogP contribution < -0.4 is 0 Å². The van der Waals surface area contributed by atoms with E-state index < -0.39 is 5.97 Å². The van der Waals surface area contributed by atoms with Gasteiger partial charge >= 0.3 is 5.97 Å². The van der Waals surface area contributed by atoms with Gasteiger partial charge < -0.3 is 9.67 Å². The lowest BCUT2D eigenvalue weighted by atomic mass is 10.0. The number of aromatic nitrogens is 1. The van der Waals surface area contributed by atoms with Crippen molar-refractivity contribution in [2.24, 2.45) is 7.05 Å². The Hall–Kier alpha value is -2.55. The van der Waals surface area contributed by atoms with Crippen molar-refractivity contribution in [1.82, 2.24) is 4.57 Å². The largest absolute Gasteiger partial charge is 0.477 e. The van der Waals surface area contributed by atoms with Crippen molar-refractivity contribution in [2.75, 3.05) is 0 Å². The lowest BCUT2D eigenvalue weighted by molar-refractivity contribution is 0.0688. The first-order chi connectivity index (χ1) is 9.20. The Kier molecular flexibility index (Phi) is 2.60. The maximum absolute atomic E-state index is 11.6. The summed E-state index contributed by atoms with van der Waals surface area (Å²) in [4.78, 5) is 11.6. The molecule has 0 radical (unpaired) electrons. The van der Waals surface area contributed by atoms with Gasteiger partial charge in [0, 0.05) is 23.5 Å². The van der Waals surface area contributed by atoms with Crippen LogP contribution in [0.4, 0.5) is 0 Å². The first-order valence-electron chi connectivity index (χ1n) is 6.06. The smallest absolute Gasteiger partial charge is 0.353 e. The fourth-order valence-corrected chi connectivity index (χ4v) is 2.54. The van der Waals surface area contributed by atoms with Crippen LogP contribution in [0.5, 0.6) is 0 Å². The van der Waals surface area contributed by atoms with Gasteiger partial charge in [0.25, 0.3) is 0 Å². The van der Waals surface area contributed by atoms with Gasteiger partial charge in [-0.05, 0) is 11.6 Å². The number of carbonyl (C=O) groups is 1. The van der Waals surface area contributed by atoms with E-state index in [-0.39, 0.29) is 0 Å². The summed E-state index contributed by atoms with van der Waals surface area (Å²) >= 11 is 0. The van der Waals surface area contributed by atoms with Crippen LogP contribution in [0.25, 0.3) is 22.0 Å². The third-order valence-corrected chi connectivity index (χ3v) is 3.37. The van der Waals surface area contributed by atoms with Crippen LogP contribution in [0, 0.1) is 0 Å². The highest BCUT2D eigenvalue weighted by Crippen LogP contribution is 2.34. The van der Waals surface area contributed by atoms with E-state index in [0.717, 1.165) is 22.0 Å². The van der Waals surface area contributed by atoms with Gasteiger partial charge in [-0.1, -0.05) is 48.5 Å². The molecule has 0 saturated heterocycles. The molecule has 3 nitrogen and oxygen atoms in total. The van der Waals surface area contributed by atoms with Crippen molar-refractivity contribution >= 4 is 16.9 Å². The van der Waals surface area contributed by atoms with Crippen LogP contribution in [-0.4, -0.2) is 15.6 Å². The van der Waals surface area contributed by atoms with Gasteiger partial charge in [0.05, 0.1) is 0 Å². The molecule has 0 saturated carbocycles. The fraction of sp³-hybridized carbons (Fsp3) is 0.0625. The molecule has 1 N–H and O–H groups in total. The third kappa shape index (κ3) is 1.71. The van der Waals surface area contributed by atoms with Crippen molar-refractivity contribution in [1.29, 1.82) is 0 Å². The fourth-order valence-electron chi connectivity index (χ4n) is 2.54. The average molecular weight is 251 g/mol. The van der Waals surface area contributed by atoms with E-state index >= 15 is 0 Å². The molecule has 0 fully saturated rings. The SMILES string of the molecule is Cn1c(C(=O)O)c(-c2ccccc2)c2ccccc21. The number of benzene rings is 2.